The molecule has 8 nitrogen and oxygen atoms in total. The van der Waals surface area contributed by atoms with Gasteiger partial charge in [-0.05, 0) is 24.1 Å². The molecule has 2 amide bonds. The molecule has 2 fully saturated rings. The average Bonchev–Trinajstić information content (AvgIpc) is 3.30. The van der Waals surface area contributed by atoms with Crippen LogP contribution in [0.4, 0.5) is 0 Å². The maximum atomic E-state index is 12.4. The van der Waals surface area contributed by atoms with Crippen LogP contribution in [-0.4, -0.2) is 56.0 Å². The second-order valence-electron chi connectivity index (χ2n) is 6.91. The predicted octanol–water partition coefficient (Wildman–Crippen LogP) is 0.0671. The van der Waals surface area contributed by atoms with Crippen molar-refractivity contribution in [2.24, 2.45) is 5.92 Å². The van der Waals surface area contributed by atoms with Crippen LogP contribution in [0.2, 0.25) is 0 Å². The summed E-state index contributed by atoms with van der Waals surface area (Å²) in [4.78, 5) is 26.2. The Labute approximate surface area is 151 Å². The van der Waals surface area contributed by atoms with Crippen LogP contribution < -0.4 is 14.8 Å². The van der Waals surface area contributed by atoms with E-state index in [0.29, 0.717) is 24.5 Å². The molecule has 0 bridgehead atoms. The van der Waals surface area contributed by atoms with E-state index in [1.807, 2.05) is 12.1 Å². The Kier molecular flexibility index (Phi) is 4.26. The van der Waals surface area contributed by atoms with E-state index in [-0.39, 0.29) is 49.1 Å². The Bertz CT molecular complexity index is 853. The highest BCUT2D eigenvalue weighted by Gasteiger charge is 2.41. The summed E-state index contributed by atoms with van der Waals surface area (Å²) in [6.45, 7) is 0.812. The fourth-order valence-electron chi connectivity index (χ4n) is 3.67. The Morgan fingerprint density at radius 2 is 2.08 bits per heavy atom. The third-order valence-corrected chi connectivity index (χ3v) is 6.83. The van der Waals surface area contributed by atoms with Gasteiger partial charge in [-0.1, -0.05) is 6.07 Å². The van der Waals surface area contributed by atoms with Gasteiger partial charge in [0, 0.05) is 25.6 Å². The number of fused-ring (bicyclic) bond motifs is 1. The molecule has 1 aromatic rings. The second-order valence-corrected chi connectivity index (χ2v) is 9.14. The molecule has 2 atom stereocenters. The van der Waals surface area contributed by atoms with Crippen molar-refractivity contribution in [3.63, 3.8) is 0 Å². The third-order valence-electron chi connectivity index (χ3n) is 5.08. The van der Waals surface area contributed by atoms with Gasteiger partial charge in [0.2, 0.25) is 18.6 Å². The van der Waals surface area contributed by atoms with Crippen LogP contribution in [0.15, 0.2) is 18.2 Å². The van der Waals surface area contributed by atoms with E-state index in [0.717, 1.165) is 5.56 Å². The van der Waals surface area contributed by atoms with Crippen LogP contribution in [0.5, 0.6) is 11.5 Å². The summed E-state index contributed by atoms with van der Waals surface area (Å²) < 4.78 is 33.8. The zero-order valence-corrected chi connectivity index (χ0v) is 15.0. The Hall–Kier alpha value is -2.29. The molecular formula is C17H20N2O6S. The molecule has 9 heteroatoms. The van der Waals surface area contributed by atoms with Crippen LogP contribution in [0, 0.1) is 5.92 Å². The van der Waals surface area contributed by atoms with E-state index < -0.39 is 15.8 Å². The number of ether oxygens (including phenoxy) is 2. The van der Waals surface area contributed by atoms with Gasteiger partial charge in [0.05, 0.1) is 17.4 Å². The number of benzene rings is 1. The fraction of sp³-hybridized carbons (Fsp3) is 0.529. The zero-order valence-electron chi connectivity index (χ0n) is 14.1. The van der Waals surface area contributed by atoms with Crippen molar-refractivity contribution in [2.45, 2.75) is 25.4 Å². The molecule has 0 saturated carbocycles. The number of nitrogens with one attached hydrogen (secondary N) is 1. The van der Waals surface area contributed by atoms with Gasteiger partial charge < -0.3 is 19.7 Å². The minimum atomic E-state index is -3.06. The molecule has 26 heavy (non-hydrogen) atoms. The highest BCUT2D eigenvalue weighted by molar-refractivity contribution is 7.91. The summed E-state index contributed by atoms with van der Waals surface area (Å²) in [6, 6.07) is 5.17. The van der Waals surface area contributed by atoms with Crippen molar-refractivity contribution in [3.8, 4) is 11.5 Å². The van der Waals surface area contributed by atoms with Gasteiger partial charge >= 0.3 is 0 Å². The summed E-state index contributed by atoms with van der Waals surface area (Å²) in [5.41, 5.74) is 0.880. The molecule has 1 aromatic carbocycles. The van der Waals surface area contributed by atoms with Crippen molar-refractivity contribution in [3.05, 3.63) is 23.8 Å². The van der Waals surface area contributed by atoms with E-state index in [2.05, 4.69) is 5.32 Å². The van der Waals surface area contributed by atoms with Crippen LogP contribution in [0.3, 0.4) is 0 Å². The van der Waals surface area contributed by atoms with Crippen LogP contribution in [-0.2, 0) is 26.0 Å². The largest absolute Gasteiger partial charge is 0.454 e. The number of sulfone groups is 1. The monoisotopic (exact) mass is 380 g/mol. The second kappa shape index (κ2) is 6.46. The van der Waals surface area contributed by atoms with Gasteiger partial charge in [-0.25, -0.2) is 8.42 Å². The van der Waals surface area contributed by atoms with Crippen LogP contribution in [0.25, 0.3) is 0 Å². The quantitative estimate of drug-likeness (QED) is 0.793. The number of hydrogen-bond acceptors (Lipinski definition) is 6. The van der Waals surface area contributed by atoms with Crippen LogP contribution >= 0.6 is 0 Å². The standard InChI is InChI=1S/C17H20N2O6S/c20-16-6-12(8-19(16)13-3-4-26(22,23)9-13)17(21)18-7-11-1-2-14-15(5-11)25-10-24-14/h1-2,5,12-13H,3-4,6-10H2,(H,18,21)/t12-,13-/m1/s1. The summed E-state index contributed by atoms with van der Waals surface area (Å²) in [6.07, 6.45) is 0.586. The Morgan fingerprint density at radius 3 is 2.85 bits per heavy atom. The predicted molar refractivity (Wildman–Crippen MR) is 91.3 cm³/mol. The Morgan fingerprint density at radius 1 is 1.27 bits per heavy atom. The lowest BCUT2D eigenvalue weighted by Crippen LogP contribution is -2.39. The Balaban J connectivity index is 1.33. The molecule has 0 unspecified atom stereocenters. The highest BCUT2D eigenvalue weighted by Crippen LogP contribution is 2.32. The maximum absolute atomic E-state index is 12.4. The summed E-state index contributed by atoms with van der Waals surface area (Å²) >= 11 is 0. The normalized spacial score (nSPS) is 26.3. The van der Waals surface area contributed by atoms with Crippen molar-refractivity contribution in [1.82, 2.24) is 10.2 Å². The minimum Gasteiger partial charge on any atom is -0.454 e. The first-order valence-electron chi connectivity index (χ1n) is 8.57. The number of amides is 2. The third kappa shape index (κ3) is 3.35. The summed E-state index contributed by atoms with van der Waals surface area (Å²) in [7, 11) is -3.06. The number of nitrogens with zero attached hydrogens (tertiary/aromatic N) is 1. The molecule has 0 spiro atoms. The molecule has 3 aliphatic rings. The van der Waals surface area contributed by atoms with Gasteiger partial charge in [0.1, 0.15) is 0 Å². The van der Waals surface area contributed by atoms with Crippen LogP contribution in [0.1, 0.15) is 18.4 Å². The van der Waals surface area contributed by atoms with Crippen molar-refractivity contribution in [2.75, 3.05) is 24.8 Å². The number of rotatable bonds is 4. The average molecular weight is 380 g/mol. The first kappa shape index (κ1) is 17.1. The lowest BCUT2D eigenvalue weighted by molar-refractivity contribution is -0.130. The van der Waals surface area contributed by atoms with E-state index in [1.54, 1.807) is 11.0 Å². The molecule has 3 heterocycles. The smallest absolute Gasteiger partial charge is 0.231 e. The molecule has 0 aromatic heterocycles. The van der Waals surface area contributed by atoms with E-state index >= 15 is 0 Å². The molecule has 140 valence electrons. The SMILES string of the molecule is O=C(NCc1ccc2c(c1)OCO2)[C@@H]1CC(=O)N([C@@H]2CCS(=O)(=O)C2)C1. The number of carbonyl (C=O) groups excluding carboxylic acids is 2. The number of carbonyl (C=O) groups is 2. The highest BCUT2D eigenvalue weighted by atomic mass is 32.2. The van der Waals surface area contributed by atoms with Crippen molar-refractivity contribution < 1.29 is 27.5 Å². The molecule has 2 saturated heterocycles. The van der Waals surface area contributed by atoms with E-state index in [9.17, 15) is 18.0 Å². The zero-order chi connectivity index (χ0) is 18.3. The molecule has 0 radical (unpaired) electrons. The molecule has 0 aliphatic carbocycles. The number of hydrogen-bond donors (Lipinski definition) is 1. The van der Waals surface area contributed by atoms with Gasteiger partial charge in [-0.2, -0.15) is 0 Å². The lowest BCUT2D eigenvalue weighted by atomic mass is 10.1. The van der Waals surface area contributed by atoms with E-state index in [1.165, 1.54) is 0 Å². The molecular weight excluding hydrogens is 360 g/mol. The molecule has 4 rings (SSSR count). The number of likely N-dealkylation sites (tertiary alicyclic amines) is 1. The maximum Gasteiger partial charge on any atom is 0.231 e. The summed E-state index contributed by atoms with van der Waals surface area (Å²) in [5.74, 6) is 0.673. The van der Waals surface area contributed by atoms with Gasteiger partial charge in [-0.15, -0.1) is 0 Å². The van der Waals surface area contributed by atoms with Crippen molar-refractivity contribution in [1.29, 1.82) is 0 Å². The van der Waals surface area contributed by atoms with Crippen molar-refractivity contribution >= 4 is 21.7 Å². The molecule has 1 N–H and O–H groups in total. The van der Waals surface area contributed by atoms with Gasteiger partial charge in [-0.3, -0.25) is 9.59 Å². The minimum absolute atomic E-state index is 0.00424. The first-order valence-corrected chi connectivity index (χ1v) is 10.4. The lowest BCUT2D eigenvalue weighted by Gasteiger charge is -2.22. The first-order chi connectivity index (χ1) is 12.4. The molecule has 3 aliphatic heterocycles. The van der Waals surface area contributed by atoms with Gasteiger partial charge in [0.15, 0.2) is 21.3 Å². The summed E-state index contributed by atoms with van der Waals surface area (Å²) in [5, 5.41) is 2.85. The van der Waals surface area contributed by atoms with E-state index in [4.69, 9.17) is 9.47 Å². The topological polar surface area (TPSA) is 102 Å². The van der Waals surface area contributed by atoms with Gasteiger partial charge in [0.25, 0.3) is 0 Å². The fourth-order valence-corrected chi connectivity index (χ4v) is 5.40.